The van der Waals surface area contributed by atoms with Gasteiger partial charge in [-0.2, -0.15) is 0 Å². The van der Waals surface area contributed by atoms with Crippen LogP contribution in [0.15, 0.2) is 30.5 Å². The minimum atomic E-state index is 0.0891. The van der Waals surface area contributed by atoms with E-state index in [0.29, 0.717) is 23.1 Å². The number of aromatic nitrogens is 2. The minimum Gasteiger partial charge on any atom is -0.489 e. The molecule has 0 atom stereocenters. The lowest BCUT2D eigenvalue weighted by molar-refractivity contribution is 0.242. The first-order valence-electron chi connectivity index (χ1n) is 6.08. The SMILES string of the molecule is CC(C)Oc1ccc(-c2ccnc(CN)n2)cc1Cl. The molecule has 1 aromatic carbocycles. The Labute approximate surface area is 117 Å². The molecule has 0 spiro atoms. The molecule has 1 aromatic heterocycles. The number of hydrogen-bond donors (Lipinski definition) is 1. The van der Waals surface area contributed by atoms with Crippen LogP contribution in [0.2, 0.25) is 5.02 Å². The van der Waals surface area contributed by atoms with Crippen molar-refractivity contribution in [2.75, 3.05) is 0 Å². The summed E-state index contributed by atoms with van der Waals surface area (Å²) in [5.74, 6) is 1.28. The van der Waals surface area contributed by atoms with E-state index >= 15 is 0 Å². The molecule has 1 heterocycles. The Bertz CT molecular complexity index is 572. The zero-order valence-electron chi connectivity index (χ0n) is 10.9. The molecule has 0 bridgehead atoms. The third kappa shape index (κ3) is 3.43. The largest absolute Gasteiger partial charge is 0.489 e. The van der Waals surface area contributed by atoms with Gasteiger partial charge in [-0.15, -0.1) is 0 Å². The Balaban J connectivity index is 2.33. The fraction of sp³-hybridized carbons (Fsp3) is 0.286. The highest BCUT2D eigenvalue weighted by atomic mass is 35.5. The molecule has 2 aromatic rings. The van der Waals surface area contributed by atoms with Crippen molar-refractivity contribution in [2.24, 2.45) is 5.73 Å². The molecule has 100 valence electrons. The van der Waals surface area contributed by atoms with Crippen LogP contribution in [0.3, 0.4) is 0 Å². The summed E-state index contributed by atoms with van der Waals surface area (Å²) in [6.45, 7) is 4.24. The lowest BCUT2D eigenvalue weighted by Crippen LogP contribution is -2.06. The number of rotatable bonds is 4. The maximum atomic E-state index is 6.20. The molecule has 0 saturated carbocycles. The topological polar surface area (TPSA) is 61.0 Å². The maximum absolute atomic E-state index is 6.20. The van der Waals surface area contributed by atoms with Gasteiger partial charge in [0.15, 0.2) is 0 Å². The van der Waals surface area contributed by atoms with E-state index in [2.05, 4.69) is 9.97 Å². The zero-order valence-corrected chi connectivity index (χ0v) is 11.7. The van der Waals surface area contributed by atoms with Crippen LogP contribution >= 0.6 is 11.6 Å². The average molecular weight is 278 g/mol. The summed E-state index contributed by atoms with van der Waals surface area (Å²) in [6, 6.07) is 7.43. The van der Waals surface area contributed by atoms with Crippen molar-refractivity contribution in [2.45, 2.75) is 26.5 Å². The number of nitrogens with two attached hydrogens (primary N) is 1. The smallest absolute Gasteiger partial charge is 0.142 e. The van der Waals surface area contributed by atoms with Gasteiger partial charge >= 0.3 is 0 Å². The molecule has 0 unspecified atom stereocenters. The average Bonchev–Trinajstić information content (AvgIpc) is 2.40. The van der Waals surface area contributed by atoms with Crippen LogP contribution in [0, 0.1) is 0 Å². The summed E-state index contributed by atoms with van der Waals surface area (Å²) in [4.78, 5) is 8.43. The number of halogens is 1. The second-order valence-electron chi connectivity index (χ2n) is 4.37. The van der Waals surface area contributed by atoms with Crippen LogP contribution in [0.5, 0.6) is 5.75 Å². The van der Waals surface area contributed by atoms with Gasteiger partial charge in [-0.05, 0) is 38.1 Å². The molecule has 0 aliphatic rings. The van der Waals surface area contributed by atoms with Crippen LogP contribution < -0.4 is 10.5 Å². The standard InChI is InChI=1S/C14H16ClN3O/c1-9(2)19-13-4-3-10(7-11(13)15)12-5-6-17-14(8-16)18-12/h3-7,9H,8,16H2,1-2H3. The fourth-order valence-electron chi connectivity index (χ4n) is 1.67. The number of nitrogens with zero attached hydrogens (tertiary/aromatic N) is 2. The number of benzene rings is 1. The van der Waals surface area contributed by atoms with E-state index in [1.54, 1.807) is 6.20 Å². The van der Waals surface area contributed by atoms with Gasteiger partial charge in [-0.25, -0.2) is 9.97 Å². The molecule has 2 rings (SSSR count). The molecule has 0 fully saturated rings. The van der Waals surface area contributed by atoms with Crippen molar-refractivity contribution in [3.8, 4) is 17.0 Å². The van der Waals surface area contributed by atoms with Gasteiger partial charge in [0.25, 0.3) is 0 Å². The van der Waals surface area contributed by atoms with Crippen molar-refractivity contribution in [1.29, 1.82) is 0 Å². The first kappa shape index (κ1) is 13.8. The van der Waals surface area contributed by atoms with Gasteiger partial charge in [-0.3, -0.25) is 0 Å². The third-order valence-electron chi connectivity index (χ3n) is 2.48. The van der Waals surface area contributed by atoms with Crippen LogP contribution in [-0.2, 0) is 6.54 Å². The van der Waals surface area contributed by atoms with Crippen LogP contribution in [-0.4, -0.2) is 16.1 Å². The lowest BCUT2D eigenvalue weighted by atomic mass is 10.1. The van der Waals surface area contributed by atoms with Crippen molar-refractivity contribution in [1.82, 2.24) is 9.97 Å². The molecule has 0 saturated heterocycles. The summed E-state index contributed by atoms with van der Waals surface area (Å²) >= 11 is 6.20. The van der Waals surface area contributed by atoms with Gasteiger partial charge in [0, 0.05) is 11.8 Å². The van der Waals surface area contributed by atoms with Crippen molar-refractivity contribution in [3.63, 3.8) is 0 Å². The second-order valence-corrected chi connectivity index (χ2v) is 4.78. The first-order chi connectivity index (χ1) is 9.10. The zero-order chi connectivity index (χ0) is 13.8. The lowest BCUT2D eigenvalue weighted by Gasteiger charge is -2.12. The van der Waals surface area contributed by atoms with E-state index in [1.165, 1.54) is 0 Å². The monoisotopic (exact) mass is 277 g/mol. The Hall–Kier alpha value is -1.65. The van der Waals surface area contributed by atoms with Crippen LogP contribution in [0.4, 0.5) is 0 Å². The summed E-state index contributed by atoms with van der Waals surface area (Å²) in [5, 5.41) is 0.569. The van der Waals surface area contributed by atoms with Gasteiger partial charge < -0.3 is 10.5 Å². The van der Waals surface area contributed by atoms with E-state index in [0.717, 1.165) is 11.3 Å². The summed E-state index contributed by atoms with van der Waals surface area (Å²) in [5.41, 5.74) is 7.25. The van der Waals surface area contributed by atoms with E-state index in [9.17, 15) is 0 Å². The van der Waals surface area contributed by atoms with Crippen LogP contribution in [0.1, 0.15) is 19.7 Å². The highest BCUT2D eigenvalue weighted by Crippen LogP contribution is 2.30. The molecule has 19 heavy (non-hydrogen) atoms. The Morgan fingerprint density at radius 3 is 2.74 bits per heavy atom. The van der Waals surface area contributed by atoms with E-state index < -0.39 is 0 Å². The van der Waals surface area contributed by atoms with Gasteiger partial charge in [0.1, 0.15) is 11.6 Å². The van der Waals surface area contributed by atoms with Gasteiger partial charge in [0.05, 0.1) is 23.4 Å². The Kier molecular flexibility index (Phi) is 4.35. The summed E-state index contributed by atoms with van der Waals surface area (Å²) < 4.78 is 5.60. The number of ether oxygens (including phenoxy) is 1. The van der Waals surface area contributed by atoms with Crippen molar-refractivity contribution < 1.29 is 4.74 Å². The highest BCUT2D eigenvalue weighted by Gasteiger charge is 2.07. The second kappa shape index (κ2) is 5.99. The molecule has 4 nitrogen and oxygen atoms in total. The third-order valence-corrected chi connectivity index (χ3v) is 2.77. The predicted molar refractivity (Wildman–Crippen MR) is 76.1 cm³/mol. The van der Waals surface area contributed by atoms with Gasteiger partial charge in [0.2, 0.25) is 0 Å². The molecule has 0 aliphatic carbocycles. The fourth-order valence-corrected chi connectivity index (χ4v) is 1.89. The van der Waals surface area contributed by atoms with Crippen LogP contribution in [0.25, 0.3) is 11.3 Å². The van der Waals surface area contributed by atoms with E-state index in [-0.39, 0.29) is 6.10 Å². The van der Waals surface area contributed by atoms with E-state index in [1.807, 2.05) is 38.1 Å². The predicted octanol–water partition coefficient (Wildman–Crippen LogP) is 3.04. The van der Waals surface area contributed by atoms with Crippen molar-refractivity contribution in [3.05, 3.63) is 41.3 Å². The number of hydrogen-bond acceptors (Lipinski definition) is 4. The normalized spacial score (nSPS) is 10.8. The quantitative estimate of drug-likeness (QED) is 0.933. The molecular formula is C14H16ClN3O. The molecule has 2 N–H and O–H groups in total. The summed E-state index contributed by atoms with van der Waals surface area (Å²) in [7, 11) is 0. The molecule has 0 radical (unpaired) electrons. The molecule has 0 amide bonds. The minimum absolute atomic E-state index is 0.0891. The first-order valence-corrected chi connectivity index (χ1v) is 6.46. The van der Waals surface area contributed by atoms with Crippen molar-refractivity contribution >= 4 is 11.6 Å². The molecule has 0 aliphatic heterocycles. The summed E-state index contributed by atoms with van der Waals surface area (Å²) in [6.07, 6.45) is 1.78. The molecule has 5 heteroatoms. The Morgan fingerprint density at radius 2 is 2.11 bits per heavy atom. The van der Waals surface area contributed by atoms with Gasteiger partial charge in [-0.1, -0.05) is 11.6 Å². The van der Waals surface area contributed by atoms with E-state index in [4.69, 9.17) is 22.1 Å². The highest BCUT2D eigenvalue weighted by molar-refractivity contribution is 6.32. The maximum Gasteiger partial charge on any atom is 0.142 e. The molecular weight excluding hydrogens is 262 g/mol. The Morgan fingerprint density at radius 1 is 1.32 bits per heavy atom.